The Balaban J connectivity index is 1.88. The molecule has 24 heavy (non-hydrogen) atoms. The molecule has 1 saturated heterocycles. The first-order chi connectivity index (χ1) is 11.7. The molecule has 2 aromatic rings. The number of hydrogen-bond acceptors (Lipinski definition) is 4. The van der Waals surface area contributed by atoms with E-state index in [1.54, 1.807) is 14.2 Å². The summed E-state index contributed by atoms with van der Waals surface area (Å²) < 4.78 is 13.0. The molecule has 5 heteroatoms. The highest BCUT2D eigenvalue weighted by Crippen LogP contribution is 2.35. The third kappa shape index (κ3) is 3.56. The lowest BCUT2D eigenvalue weighted by Gasteiger charge is -2.29. The Morgan fingerprint density at radius 1 is 1.12 bits per heavy atom. The van der Waals surface area contributed by atoms with Gasteiger partial charge >= 0.3 is 0 Å². The van der Waals surface area contributed by atoms with E-state index in [0.29, 0.717) is 6.04 Å². The molecular formula is C19H27N3O2. The van der Waals surface area contributed by atoms with Crippen LogP contribution < -0.4 is 9.47 Å². The van der Waals surface area contributed by atoms with Gasteiger partial charge in [-0.15, -0.1) is 0 Å². The lowest BCUT2D eigenvalue weighted by Crippen LogP contribution is -2.28. The van der Waals surface area contributed by atoms with E-state index >= 15 is 0 Å². The van der Waals surface area contributed by atoms with Crippen LogP contribution in [-0.4, -0.2) is 35.4 Å². The van der Waals surface area contributed by atoms with E-state index in [0.717, 1.165) is 31.0 Å². The molecule has 1 aromatic carbocycles. The molecule has 0 saturated carbocycles. The number of aryl methyl sites for hydroxylation is 1. The van der Waals surface area contributed by atoms with Gasteiger partial charge in [0.1, 0.15) is 0 Å². The molecule has 0 unspecified atom stereocenters. The molecule has 2 heterocycles. The lowest BCUT2D eigenvalue weighted by atomic mass is 10.1. The Kier molecular flexibility index (Phi) is 5.41. The van der Waals surface area contributed by atoms with E-state index in [1.807, 2.05) is 30.1 Å². The molecule has 1 aliphatic rings. The number of rotatable bonds is 5. The van der Waals surface area contributed by atoms with E-state index < -0.39 is 0 Å². The third-order valence-electron chi connectivity index (χ3n) is 4.80. The summed E-state index contributed by atoms with van der Waals surface area (Å²) in [6, 6.07) is 8.61. The summed E-state index contributed by atoms with van der Waals surface area (Å²) in [6.07, 6.45) is 6.96. The Labute approximate surface area is 144 Å². The maximum Gasteiger partial charge on any atom is 0.165 e. The Hall–Kier alpha value is -2.01. The van der Waals surface area contributed by atoms with Crippen LogP contribution in [0, 0.1) is 0 Å². The van der Waals surface area contributed by atoms with Crippen molar-refractivity contribution >= 4 is 0 Å². The van der Waals surface area contributed by atoms with Gasteiger partial charge in [-0.1, -0.05) is 25.0 Å². The highest BCUT2D eigenvalue weighted by atomic mass is 16.5. The van der Waals surface area contributed by atoms with Crippen LogP contribution in [0.3, 0.4) is 0 Å². The van der Waals surface area contributed by atoms with Gasteiger partial charge in [-0.05, 0) is 31.5 Å². The van der Waals surface area contributed by atoms with Crippen LogP contribution in [0.1, 0.15) is 43.0 Å². The fraction of sp³-hybridized carbons (Fsp3) is 0.526. The first kappa shape index (κ1) is 16.8. The normalized spacial score (nSPS) is 19.0. The van der Waals surface area contributed by atoms with Crippen molar-refractivity contribution in [2.75, 3.05) is 20.8 Å². The first-order valence-corrected chi connectivity index (χ1v) is 8.66. The molecule has 1 fully saturated rings. The smallest absolute Gasteiger partial charge is 0.165 e. The first-order valence-electron chi connectivity index (χ1n) is 8.66. The van der Waals surface area contributed by atoms with Gasteiger partial charge in [0.2, 0.25) is 0 Å². The van der Waals surface area contributed by atoms with Crippen LogP contribution in [0.2, 0.25) is 0 Å². The monoisotopic (exact) mass is 329 g/mol. The summed E-state index contributed by atoms with van der Waals surface area (Å²) in [7, 11) is 5.37. The fourth-order valence-corrected chi connectivity index (χ4v) is 3.60. The zero-order valence-corrected chi connectivity index (χ0v) is 14.9. The van der Waals surface area contributed by atoms with Gasteiger partial charge in [-0.2, -0.15) is 5.10 Å². The molecule has 130 valence electrons. The van der Waals surface area contributed by atoms with Crippen molar-refractivity contribution in [1.29, 1.82) is 0 Å². The number of nitrogens with zero attached hydrogens (tertiary/aromatic N) is 3. The second-order valence-corrected chi connectivity index (χ2v) is 6.40. The SMILES string of the molecule is COc1cccc(CN2CCCCC[C@@H]2c2ccn(C)n2)c1OC. The molecule has 5 nitrogen and oxygen atoms in total. The molecule has 1 aromatic heterocycles. The summed E-state index contributed by atoms with van der Waals surface area (Å²) in [4.78, 5) is 2.53. The summed E-state index contributed by atoms with van der Waals surface area (Å²) in [6.45, 7) is 1.93. The minimum absolute atomic E-state index is 0.365. The maximum absolute atomic E-state index is 5.61. The highest BCUT2D eigenvalue weighted by Gasteiger charge is 2.25. The van der Waals surface area contributed by atoms with Crippen LogP contribution in [0.15, 0.2) is 30.5 Å². The molecule has 0 amide bonds. The number of para-hydroxylation sites is 1. The summed E-state index contributed by atoms with van der Waals surface area (Å²) in [5.74, 6) is 1.63. The van der Waals surface area contributed by atoms with Crippen molar-refractivity contribution in [3.8, 4) is 11.5 Å². The number of methoxy groups -OCH3 is 2. The minimum atomic E-state index is 0.365. The van der Waals surface area contributed by atoms with Crippen molar-refractivity contribution < 1.29 is 9.47 Å². The predicted octanol–water partition coefficient (Wildman–Crippen LogP) is 3.55. The van der Waals surface area contributed by atoms with Gasteiger partial charge in [0, 0.05) is 25.4 Å². The van der Waals surface area contributed by atoms with Gasteiger partial charge in [-0.3, -0.25) is 9.58 Å². The van der Waals surface area contributed by atoms with Crippen LogP contribution in [0.4, 0.5) is 0 Å². The number of benzene rings is 1. The molecule has 1 atom stereocenters. The van der Waals surface area contributed by atoms with Crippen LogP contribution in [-0.2, 0) is 13.6 Å². The van der Waals surface area contributed by atoms with Crippen molar-refractivity contribution in [2.45, 2.75) is 38.3 Å². The van der Waals surface area contributed by atoms with E-state index in [2.05, 4.69) is 22.1 Å². The fourth-order valence-electron chi connectivity index (χ4n) is 3.60. The number of aromatic nitrogens is 2. The zero-order chi connectivity index (χ0) is 16.9. The summed E-state index contributed by atoms with van der Waals surface area (Å²) >= 11 is 0. The lowest BCUT2D eigenvalue weighted by molar-refractivity contribution is 0.185. The number of hydrogen-bond donors (Lipinski definition) is 0. The Bertz CT molecular complexity index is 668. The van der Waals surface area contributed by atoms with Crippen LogP contribution >= 0.6 is 0 Å². The van der Waals surface area contributed by atoms with E-state index in [-0.39, 0.29) is 0 Å². The largest absolute Gasteiger partial charge is 0.493 e. The molecule has 3 rings (SSSR count). The van der Waals surface area contributed by atoms with E-state index in [1.165, 1.54) is 30.5 Å². The Morgan fingerprint density at radius 3 is 2.71 bits per heavy atom. The second-order valence-electron chi connectivity index (χ2n) is 6.40. The standard InChI is InChI=1S/C19H27N3O2/c1-21-13-11-16(20-21)17-9-5-4-6-12-22(17)14-15-8-7-10-18(23-2)19(15)24-3/h7-8,10-11,13,17H,4-6,9,12,14H2,1-3H3/t17-/m1/s1. The van der Waals surface area contributed by atoms with Crippen molar-refractivity contribution in [2.24, 2.45) is 7.05 Å². The number of likely N-dealkylation sites (tertiary alicyclic amines) is 1. The molecule has 0 N–H and O–H groups in total. The average molecular weight is 329 g/mol. The van der Waals surface area contributed by atoms with Crippen molar-refractivity contribution in [3.05, 3.63) is 41.7 Å². The molecule has 1 aliphatic heterocycles. The summed E-state index contributed by atoms with van der Waals surface area (Å²) in [5, 5.41) is 4.66. The van der Waals surface area contributed by atoms with Gasteiger partial charge in [0.15, 0.2) is 11.5 Å². The topological polar surface area (TPSA) is 39.5 Å². The highest BCUT2D eigenvalue weighted by molar-refractivity contribution is 5.46. The second kappa shape index (κ2) is 7.71. The third-order valence-corrected chi connectivity index (χ3v) is 4.80. The van der Waals surface area contributed by atoms with Crippen LogP contribution in [0.25, 0.3) is 0 Å². The quantitative estimate of drug-likeness (QED) is 0.841. The summed E-state index contributed by atoms with van der Waals surface area (Å²) in [5.41, 5.74) is 2.33. The molecule has 0 bridgehead atoms. The molecular weight excluding hydrogens is 302 g/mol. The van der Waals surface area contributed by atoms with E-state index in [4.69, 9.17) is 9.47 Å². The molecule has 0 aliphatic carbocycles. The number of ether oxygens (including phenoxy) is 2. The predicted molar refractivity (Wildman–Crippen MR) is 94.4 cm³/mol. The van der Waals surface area contributed by atoms with Gasteiger partial charge in [0.05, 0.1) is 26.0 Å². The van der Waals surface area contributed by atoms with Gasteiger partial charge in [-0.25, -0.2) is 0 Å². The van der Waals surface area contributed by atoms with Gasteiger partial charge < -0.3 is 9.47 Å². The Morgan fingerprint density at radius 2 is 2.00 bits per heavy atom. The maximum atomic E-state index is 5.61. The zero-order valence-electron chi connectivity index (χ0n) is 14.9. The molecule has 0 spiro atoms. The molecule has 0 radical (unpaired) electrons. The van der Waals surface area contributed by atoms with Crippen molar-refractivity contribution in [3.63, 3.8) is 0 Å². The van der Waals surface area contributed by atoms with Gasteiger partial charge in [0.25, 0.3) is 0 Å². The minimum Gasteiger partial charge on any atom is -0.493 e. The van der Waals surface area contributed by atoms with E-state index in [9.17, 15) is 0 Å². The average Bonchev–Trinajstić information content (AvgIpc) is 2.89. The van der Waals surface area contributed by atoms with Crippen LogP contribution in [0.5, 0.6) is 11.5 Å². The van der Waals surface area contributed by atoms with Crippen molar-refractivity contribution in [1.82, 2.24) is 14.7 Å².